The van der Waals surface area contributed by atoms with E-state index < -0.39 is 0 Å². The highest BCUT2D eigenvalue weighted by Gasteiger charge is 2.19. The van der Waals surface area contributed by atoms with Crippen LogP contribution in [-0.2, 0) is 6.54 Å². The van der Waals surface area contributed by atoms with Crippen LogP contribution >= 0.6 is 15.9 Å². The predicted octanol–water partition coefficient (Wildman–Crippen LogP) is 2.13. The first-order valence-corrected chi connectivity index (χ1v) is 8.76. The van der Waals surface area contributed by atoms with Crippen molar-refractivity contribution >= 4 is 21.7 Å². The van der Waals surface area contributed by atoms with Crippen molar-refractivity contribution in [2.45, 2.75) is 6.54 Å². The lowest BCUT2D eigenvalue weighted by Gasteiger charge is -2.35. The van der Waals surface area contributed by atoms with Crippen LogP contribution in [0.2, 0.25) is 0 Å². The summed E-state index contributed by atoms with van der Waals surface area (Å²) < 4.78 is 5.91. The molecule has 0 amide bonds. The predicted molar refractivity (Wildman–Crippen MR) is 98.9 cm³/mol. The molecule has 0 spiro atoms. The number of hydrogen-bond acceptors (Lipinski definition) is 7. The molecule has 25 heavy (non-hydrogen) atoms. The first kappa shape index (κ1) is 17.8. The van der Waals surface area contributed by atoms with Crippen LogP contribution in [0.5, 0.6) is 17.4 Å². The minimum absolute atomic E-state index is 0.162. The Kier molecular flexibility index (Phi) is 5.62. The molecule has 0 saturated carbocycles. The van der Waals surface area contributed by atoms with Crippen LogP contribution in [0, 0.1) is 0 Å². The van der Waals surface area contributed by atoms with Crippen molar-refractivity contribution < 1.29 is 14.7 Å². The number of phenolic OH excluding ortho intramolecular Hbond substituents is 1. The Balaban J connectivity index is 1.60. The number of ether oxygens (including phenoxy) is 1. The molecule has 1 fully saturated rings. The summed E-state index contributed by atoms with van der Waals surface area (Å²) in [4.78, 5) is 13.8. The molecule has 1 saturated heterocycles. The molecule has 3 N–H and O–H groups in total. The van der Waals surface area contributed by atoms with Crippen molar-refractivity contribution in [3.63, 3.8) is 0 Å². The Morgan fingerprint density at radius 3 is 2.64 bits per heavy atom. The second-order valence-electron chi connectivity index (χ2n) is 5.84. The zero-order valence-corrected chi connectivity index (χ0v) is 15.6. The Bertz CT molecular complexity index is 736. The van der Waals surface area contributed by atoms with E-state index in [2.05, 4.69) is 30.7 Å². The van der Waals surface area contributed by atoms with E-state index in [1.807, 2.05) is 24.3 Å². The van der Waals surface area contributed by atoms with Crippen LogP contribution in [0.25, 0.3) is 0 Å². The fourth-order valence-electron chi connectivity index (χ4n) is 2.89. The Labute approximate surface area is 155 Å². The zero-order chi connectivity index (χ0) is 17.8. The average Bonchev–Trinajstić information content (AvgIpc) is 2.64. The highest BCUT2D eigenvalue weighted by atomic mass is 79.9. The van der Waals surface area contributed by atoms with Crippen molar-refractivity contribution in [3.05, 3.63) is 40.4 Å². The number of phenols is 1. The number of nitrogens with zero attached hydrogens (tertiary/aromatic N) is 3. The first-order valence-electron chi connectivity index (χ1n) is 7.97. The van der Waals surface area contributed by atoms with Gasteiger partial charge in [0, 0.05) is 32.7 Å². The number of nitrogens with two attached hydrogens (primary N) is 1. The Morgan fingerprint density at radius 2 is 1.96 bits per heavy atom. The average molecular weight is 409 g/mol. The van der Waals surface area contributed by atoms with Crippen LogP contribution in [0.4, 0.5) is 5.82 Å². The first-order chi connectivity index (χ1) is 12.1. The van der Waals surface area contributed by atoms with E-state index in [9.17, 15) is 5.11 Å². The third kappa shape index (κ3) is 4.15. The number of halogens is 1. The van der Waals surface area contributed by atoms with E-state index in [0.29, 0.717) is 11.6 Å². The summed E-state index contributed by atoms with van der Waals surface area (Å²) in [6.45, 7) is 4.39. The van der Waals surface area contributed by atoms with Gasteiger partial charge in [0.25, 0.3) is 5.88 Å². The quantitative estimate of drug-likeness (QED) is 0.732. The van der Waals surface area contributed by atoms with E-state index in [0.717, 1.165) is 48.6 Å². The van der Waals surface area contributed by atoms with Gasteiger partial charge < -0.3 is 19.6 Å². The number of piperazine rings is 1. The molecule has 1 aliphatic heterocycles. The van der Waals surface area contributed by atoms with Crippen molar-refractivity contribution in [1.29, 1.82) is 0 Å². The maximum Gasteiger partial charge on any atom is 0.253 e. The number of benzene rings is 1. The smallest absolute Gasteiger partial charge is 0.253 e. The molecule has 0 atom stereocenters. The summed E-state index contributed by atoms with van der Waals surface area (Å²) in [5, 5.41) is 9.69. The van der Waals surface area contributed by atoms with Gasteiger partial charge in [-0.25, -0.2) is 0 Å². The van der Waals surface area contributed by atoms with Gasteiger partial charge in [-0.1, -0.05) is 6.07 Å². The molecule has 1 aromatic heterocycles. The van der Waals surface area contributed by atoms with E-state index >= 15 is 0 Å². The molecule has 0 radical (unpaired) electrons. The summed E-state index contributed by atoms with van der Waals surface area (Å²) >= 11 is 3.36. The topological polar surface area (TPSA) is 84.1 Å². The monoisotopic (exact) mass is 408 g/mol. The van der Waals surface area contributed by atoms with E-state index in [1.165, 1.54) is 0 Å². The van der Waals surface area contributed by atoms with Gasteiger partial charge in [-0.2, -0.15) is 10.9 Å². The number of aromatic nitrogens is 1. The van der Waals surface area contributed by atoms with Gasteiger partial charge in [0.05, 0.1) is 11.6 Å². The molecular formula is C17H21BrN4O3. The van der Waals surface area contributed by atoms with Crippen LogP contribution in [0.1, 0.15) is 5.56 Å². The van der Waals surface area contributed by atoms with Crippen molar-refractivity contribution in [2.75, 3.05) is 38.2 Å². The lowest BCUT2D eigenvalue weighted by Crippen LogP contribution is -2.46. The van der Waals surface area contributed by atoms with Crippen molar-refractivity contribution in [1.82, 2.24) is 9.88 Å². The Morgan fingerprint density at radius 1 is 1.20 bits per heavy atom. The van der Waals surface area contributed by atoms with E-state index in [1.54, 1.807) is 13.2 Å². The summed E-state index contributed by atoms with van der Waals surface area (Å²) in [5.41, 5.74) is 1.11. The number of anilines is 1. The molecule has 0 unspecified atom stereocenters. The summed E-state index contributed by atoms with van der Waals surface area (Å²) in [7, 11) is 1.56. The van der Waals surface area contributed by atoms with Crippen LogP contribution in [-0.4, -0.2) is 48.3 Å². The van der Waals surface area contributed by atoms with Gasteiger partial charge in [-0.05, 0) is 45.8 Å². The molecular weight excluding hydrogens is 388 g/mol. The molecule has 1 aromatic carbocycles. The fourth-order valence-corrected chi connectivity index (χ4v) is 3.20. The van der Waals surface area contributed by atoms with Gasteiger partial charge in [-0.15, -0.1) is 0 Å². The van der Waals surface area contributed by atoms with Crippen molar-refractivity contribution in [3.8, 4) is 17.4 Å². The molecule has 2 aromatic rings. The van der Waals surface area contributed by atoms with Crippen LogP contribution in [0.15, 0.2) is 34.8 Å². The van der Waals surface area contributed by atoms with E-state index in [-0.39, 0.29) is 5.75 Å². The lowest BCUT2D eigenvalue weighted by molar-refractivity contribution is 0.248. The molecule has 8 heteroatoms. The minimum Gasteiger partial charge on any atom is -0.504 e. The van der Waals surface area contributed by atoms with Gasteiger partial charge in [0.2, 0.25) is 0 Å². The third-order valence-electron chi connectivity index (χ3n) is 4.26. The van der Waals surface area contributed by atoms with Crippen LogP contribution in [0.3, 0.4) is 0 Å². The summed E-state index contributed by atoms with van der Waals surface area (Å²) in [5.74, 6) is 7.15. The number of pyridine rings is 1. The van der Waals surface area contributed by atoms with Gasteiger partial charge >= 0.3 is 0 Å². The highest BCUT2D eigenvalue weighted by Crippen LogP contribution is 2.28. The van der Waals surface area contributed by atoms with Crippen LogP contribution < -0.4 is 20.4 Å². The standard InChI is InChI=1S/C17H21BrN4O3/c1-24-15-10-12(2-4-14(15)23)11-21-6-8-22(9-7-21)16-5-3-13(18)17(20-16)25-19/h2-5,10,23H,6-9,11,19H2,1H3. The lowest BCUT2D eigenvalue weighted by atomic mass is 10.1. The minimum atomic E-state index is 0.162. The second kappa shape index (κ2) is 7.90. The van der Waals surface area contributed by atoms with Gasteiger partial charge in [0.15, 0.2) is 11.5 Å². The maximum absolute atomic E-state index is 9.69. The Hall–Kier alpha value is -2.03. The molecule has 0 aliphatic carbocycles. The molecule has 134 valence electrons. The number of methoxy groups -OCH3 is 1. The highest BCUT2D eigenvalue weighted by molar-refractivity contribution is 9.10. The SMILES string of the molecule is COc1cc(CN2CCN(c3ccc(Br)c(ON)n3)CC2)ccc1O. The van der Waals surface area contributed by atoms with Crippen molar-refractivity contribution in [2.24, 2.45) is 5.90 Å². The third-order valence-corrected chi connectivity index (χ3v) is 4.86. The maximum atomic E-state index is 9.69. The molecule has 7 nitrogen and oxygen atoms in total. The van der Waals surface area contributed by atoms with Gasteiger partial charge in [0.1, 0.15) is 5.82 Å². The molecule has 2 heterocycles. The second-order valence-corrected chi connectivity index (χ2v) is 6.70. The number of rotatable bonds is 5. The number of aromatic hydroxyl groups is 1. The molecule has 0 bridgehead atoms. The molecule has 3 rings (SSSR count). The molecule has 1 aliphatic rings. The van der Waals surface area contributed by atoms with E-state index in [4.69, 9.17) is 15.5 Å². The number of hydrogen-bond donors (Lipinski definition) is 2. The summed E-state index contributed by atoms with van der Waals surface area (Å²) in [6, 6.07) is 9.31. The largest absolute Gasteiger partial charge is 0.504 e. The normalized spacial score (nSPS) is 15.2. The van der Waals surface area contributed by atoms with Gasteiger partial charge in [-0.3, -0.25) is 4.90 Å². The summed E-state index contributed by atoms with van der Waals surface area (Å²) in [6.07, 6.45) is 0. The fraction of sp³-hybridized carbons (Fsp3) is 0.353. The zero-order valence-electron chi connectivity index (χ0n) is 14.0.